The number of rotatable bonds is 6. The van der Waals surface area contributed by atoms with Crippen LogP contribution >= 0.6 is 0 Å². The summed E-state index contributed by atoms with van der Waals surface area (Å²) in [5.74, 6) is -1.02. The van der Waals surface area contributed by atoms with E-state index in [1.54, 1.807) is 42.5 Å². The summed E-state index contributed by atoms with van der Waals surface area (Å²) in [5.41, 5.74) is -0.169. The Bertz CT molecular complexity index is 1590. The van der Waals surface area contributed by atoms with E-state index >= 15 is 0 Å². The Morgan fingerprint density at radius 1 is 0.944 bits per heavy atom. The Balaban J connectivity index is 1.49. The van der Waals surface area contributed by atoms with Gasteiger partial charge in [-0.25, -0.2) is 9.18 Å². The Morgan fingerprint density at radius 3 is 2.42 bits per heavy atom. The summed E-state index contributed by atoms with van der Waals surface area (Å²) in [6, 6.07) is 16.9. The minimum atomic E-state index is -4.51. The van der Waals surface area contributed by atoms with E-state index in [-0.39, 0.29) is 27.6 Å². The van der Waals surface area contributed by atoms with Gasteiger partial charge in [0, 0.05) is 11.5 Å². The first-order valence-corrected chi connectivity index (χ1v) is 13.3. The van der Waals surface area contributed by atoms with Crippen molar-refractivity contribution in [2.24, 2.45) is 0 Å². The average Bonchev–Trinajstić information content (AvgIpc) is 3.32. The summed E-state index contributed by atoms with van der Waals surface area (Å²) in [6.45, 7) is 2.04. The monoisotopic (exact) mass is 508 g/mol. The van der Waals surface area contributed by atoms with Crippen molar-refractivity contribution in [2.45, 2.75) is 49.5 Å². The van der Waals surface area contributed by atoms with E-state index < -0.39 is 21.9 Å². The molecule has 0 aliphatic heterocycles. The minimum absolute atomic E-state index is 0.0000661. The van der Waals surface area contributed by atoms with E-state index in [0.717, 1.165) is 38.2 Å². The van der Waals surface area contributed by atoms with E-state index in [4.69, 9.17) is 9.47 Å². The number of fused-ring (bicyclic) bond motifs is 2. The number of hydrogen-bond acceptors (Lipinski definition) is 5. The molecule has 1 fully saturated rings. The van der Waals surface area contributed by atoms with E-state index in [0.29, 0.717) is 21.5 Å². The van der Waals surface area contributed by atoms with Gasteiger partial charge in [-0.05, 0) is 78.6 Å². The number of esters is 1. The lowest BCUT2D eigenvalue weighted by Gasteiger charge is -2.29. The standard InChI is InChI=1S/C28H25FO6S/c1-2-28(11-5-6-12-28)35-26-16-21-13-20(10-9-18(21)15-24(26)29)27(30)34-25-17-22(36(31,32)33)14-19-7-3-4-8-23(19)25/h3-4,7-10,13-17H,2,5-6,11-12H2,1H3,(H,31,32,33). The molecule has 5 rings (SSSR count). The summed E-state index contributed by atoms with van der Waals surface area (Å²) >= 11 is 0. The molecule has 4 aromatic carbocycles. The van der Waals surface area contributed by atoms with E-state index in [9.17, 15) is 22.2 Å². The third-order valence-corrected chi connectivity index (χ3v) is 7.74. The fourth-order valence-electron chi connectivity index (χ4n) is 4.88. The topological polar surface area (TPSA) is 89.9 Å². The number of carbonyl (C=O) groups excluding carboxylic acids is 1. The minimum Gasteiger partial charge on any atom is -0.484 e. The van der Waals surface area contributed by atoms with Crippen molar-refractivity contribution >= 4 is 37.6 Å². The molecule has 0 radical (unpaired) electrons. The first kappa shape index (κ1) is 24.2. The predicted molar refractivity (Wildman–Crippen MR) is 135 cm³/mol. The number of ether oxygens (including phenoxy) is 2. The van der Waals surface area contributed by atoms with Crippen LogP contribution in [0.25, 0.3) is 21.5 Å². The highest BCUT2D eigenvalue weighted by Crippen LogP contribution is 2.39. The molecule has 0 saturated heterocycles. The van der Waals surface area contributed by atoms with Crippen molar-refractivity contribution in [3.63, 3.8) is 0 Å². The molecule has 6 nitrogen and oxygen atoms in total. The van der Waals surface area contributed by atoms with Gasteiger partial charge in [-0.2, -0.15) is 8.42 Å². The van der Waals surface area contributed by atoms with Gasteiger partial charge < -0.3 is 9.47 Å². The second-order valence-corrected chi connectivity index (χ2v) is 10.6. The fourth-order valence-corrected chi connectivity index (χ4v) is 5.41. The van der Waals surface area contributed by atoms with Crippen molar-refractivity contribution in [3.05, 3.63) is 78.1 Å². The van der Waals surface area contributed by atoms with Gasteiger partial charge in [0.05, 0.1) is 10.5 Å². The van der Waals surface area contributed by atoms with Crippen LogP contribution in [0.4, 0.5) is 4.39 Å². The van der Waals surface area contributed by atoms with Crippen LogP contribution in [0.15, 0.2) is 71.6 Å². The third-order valence-electron chi connectivity index (χ3n) is 6.91. The Hall–Kier alpha value is -3.49. The van der Waals surface area contributed by atoms with Crippen LogP contribution in [0.3, 0.4) is 0 Å². The first-order chi connectivity index (χ1) is 17.2. The molecule has 0 aromatic heterocycles. The second-order valence-electron chi connectivity index (χ2n) is 9.20. The lowest BCUT2D eigenvalue weighted by atomic mass is 9.98. The molecule has 0 spiro atoms. The summed E-state index contributed by atoms with van der Waals surface area (Å²) < 4.78 is 59.5. The van der Waals surface area contributed by atoms with Crippen LogP contribution in [0.1, 0.15) is 49.4 Å². The van der Waals surface area contributed by atoms with Gasteiger partial charge in [-0.15, -0.1) is 0 Å². The van der Waals surface area contributed by atoms with Crippen molar-refractivity contribution in [1.29, 1.82) is 0 Å². The zero-order valence-electron chi connectivity index (χ0n) is 19.7. The number of halogens is 1. The van der Waals surface area contributed by atoms with Gasteiger partial charge in [0.2, 0.25) is 0 Å². The summed E-state index contributed by atoms with van der Waals surface area (Å²) in [5, 5.41) is 2.22. The molecular weight excluding hydrogens is 483 g/mol. The zero-order chi connectivity index (χ0) is 25.5. The van der Waals surface area contributed by atoms with Gasteiger partial charge in [-0.1, -0.05) is 37.3 Å². The van der Waals surface area contributed by atoms with Crippen LogP contribution in [-0.4, -0.2) is 24.5 Å². The second kappa shape index (κ2) is 9.19. The highest BCUT2D eigenvalue weighted by atomic mass is 32.2. The van der Waals surface area contributed by atoms with E-state index in [2.05, 4.69) is 0 Å². The van der Waals surface area contributed by atoms with Crippen molar-refractivity contribution in [1.82, 2.24) is 0 Å². The van der Waals surface area contributed by atoms with Crippen molar-refractivity contribution < 1.29 is 31.6 Å². The number of benzene rings is 4. The average molecular weight is 509 g/mol. The molecule has 4 aromatic rings. The molecule has 186 valence electrons. The van der Waals surface area contributed by atoms with Gasteiger partial charge in [0.1, 0.15) is 11.4 Å². The van der Waals surface area contributed by atoms with Gasteiger partial charge >= 0.3 is 5.97 Å². The summed E-state index contributed by atoms with van der Waals surface area (Å²) in [4.78, 5) is 12.7. The highest BCUT2D eigenvalue weighted by Gasteiger charge is 2.35. The normalized spacial score (nSPS) is 15.3. The Kier molecular flexibility index (Phi) is 6.18. The smallest absolute Gasteiger partial charge is 0.343 e. The first-order valence-electron chi connectivity index (χ1n) is 11.8. The Morgan fingerprint density at radius 2 is 1.69 bits per heavy atom. The molecule has 1 aliphatic carbocycles. The quantitative estimate of drug-likeness (QED) is 0.177. The Labute approximate surface area is 208 Å². The molecule has 8 heteroatoms. The maximum absolute atomic E-state index is 14.8. The van der Waals surface area contributed by atoms with Crippen LogP contribution in [0.2, 0.25) is 0 Å². The molecule has 0 amide bonds. The predicted octanol–water partition coefficient (Wildman–Crippen LogP) is 6.70. The van der Waals surface area contributed by atoms with E-state index in [1.165, 1.54) is 18.2 Å². The molecule has 36 heavy (non-hydrogen) atoms. The van der Waals surface area contributed by atoms with Crippen molar-refractivity contribution in [3.8, 4) is 11.5 Å². The van der Waals surface area contributed by atoms with E-state index in [1.807, 2.05) is 6.92 Å². The number of carbonyl (C=O) groups is 1. The van der Waals surface area contributed by atoms with Crippen LogP contribution in [0, 0.1) is 5.82 Å². The summed E-state index contributed by atoms with van der Waals surface area (Å²) in [6.07, 6.45) is 4.64. The molecule has 0 unspecified atom stereocenters. The largest absolute Gasteiger partial charge is 0.484 e. The SMILES string of the molecule is CCC1(Oc2cc3cc(C(=O)Oc4cc(S(=O)(=O)O)cc5ccccc45)ccc3cc2F)CCCC1. The lowest BCUT2D eigenvalue weighted by molar-refractivity contribution is 0.0674. The number of hydrogen-bond donors (Lipinski definition) is 1. The molecule has 1 saturated carbocycles. The van der Waals surface area contributed by atoms with Crippen molar-refractivity contribution in [2.75, 3.05) is 0 Å². The summed E-state index contributed by atoms with van der Waals surface area (Å²) in [7, 11) is -4.51. The maximum Gasteiger partial charge on any atom is 0.343 e. The third kappa shape index (κ3) is 4.66. The lowest BCUT2D eigenvalue weighted by Crippen LogP contribution is -2.31. The van der Waals surface area contributed by atoms with Crippen LogP contribution < -0.4 is 9.47 Å². The zero-order valence-corrected chi connectivity index (χ0v) is 20.5. The molecule has 1 aliphatic rings. The molecular formula is C28H25FO6S. The molecule has 0 heterocycles. The van der Waals surface area contributed by atoms with Gasteiger partial charge in [0.25, 0.3) is 10.1 Å². The van der Waals surface area contributed by atoms with Crippen LogP contribution in [-0.2, 0) is 10.1 Å². The molecule has 0 bridgehead atoms. The maximum atomic E-state index is 14.8. The molecule has 0 atom stereocenters. The molecule has 1 N–H and O–H groups in total. The fraction of sp³-hybridized carbons (Fsp3) is 0.250. The highest BCUT2D eigenvalue weighted by molar-refractivity contribution is 7.85. The van der Waals surface area contributed by atoms with Gasteiger partial charge in [0.15, 0.2) is 11.6 Å². The van der Waals surface area contributed by atoms with Gasteiger partial charge in [-0.3, -0.25) is 4.55 Å². The van der Waals surface area contributed by atoms with Crippen LogP contribution in [0.5, 0.6) is 11.5 Å².